The average molecular weight is 413 g/mol. The van der Waals surface area contributed by atoms with Crippen molar-refractivity contribution < 1.29 is 4.74 Å². The Morgan fingerprint density at radius 1 is 1.05 bits per heavy atom. The number of ether oxygens (including phenoxy) is 1. The van der Waals surface area contributed by atoms with Crippen molar-refractivity contribution in [2.75, 3.05) is 11.9 Å². The van der Waals surface area contributed by atoms with Gasteiger partial charge in [-0.1, -0.05) is 25.1 Å². The number of rotatable bonds is 6. The van der Waals surface area contributed by atoms with E-state index in [4.69, 9.17) is 4.74 Å². The highest BCUT2D eigenvalue weighted by molar-refractivity contribution is 9.11. The molecular weight excluding hydrogens is 394 g/mol. The van der Waals surface area contributed by atoms with Gasteiger partial charge in [-0.25, -0.2) is 0 Å². The van der Waals surface area contributed by atoms with Crippen molar-refractivity contribution in [3.8, 4) is 5.75 Å². The lowest BCUT2D eigenvalue weighted by Crippen LogP contribution is -2.03. The van der Waals surface area contributed by atoms with Gasteiger partial charge in [-0.05, 0) is 74.5 Å². The number of hydrogen-bond donors (Lipinski definition) is 1. The molecule has 2 nitrogen and oxygen atoms in total. The second-order valence-electron chi connectivity index (χ2n) is 4.69. The minimum absolute atomic E-state index is 0.651. The van der Waals surface area contributed by atoms with E-state index in [1.807, 2.05) is 6.92 Å². The second-order valence-corrected chi connectivity index (χ2v) is 6.39. The van der Waals surface area contributed by atoms with E-state index in [2.05, 4.69) is 80.5 Å². The van der Waals surface area contributed by atoms with Gasteiger partial charge in [-0.15, -0.1) is 0 Å². The Bertz CT molecular complexity index is 590. The van der Waals surface area contributed by atoms with Crippen molar-refractivity contribution in [3.05, 3.63) is 56.5 Å². The summed E-state index contributed by atoms with van der Waals surface area (Å²) in [7, 11) is 0. The standard InChI is InChI=1S/C17H19Br2NO/c1-3-13-7-5-6-8-16(13)20-11-12-9-14(18)17(21-4-2)15(19)10-12/h5-10,20H,3-4,11H2,1-2H3. The van der Waals surface area contributed by atoms with Crippen LogP contribution in [-0.4, -0.2) is 6.61 Å². The molecule has 0 spiro atoms. The van der Waals surface area contributed by atoms with E-state index in [9.17, 15) is 0 Å². The maximum Gasteiger partial charge on any atom is 0.147 e. The molecule has 0 unspecified atom stereocenters. The minimum atomic E-state index is 0.651. The van der Waals surface area contributed by atoms with E-state index in [1.54, 1.807) is 0 Å². The number of benzene rings is 2. The third-order valence-electron chi connectivity index (χ3n) is 3.23. The highest BCUT2D eigenvalue weighted by Crippen LogP contribution is 2.35. The third-order valence-corrected chi connectivity index (χ3v) is 4.41. The first-order valence-corrected chi connectivity index (χ1v) is 8.66. The van der Waals surface area contributed by atoms with Crippen LogP contribution in [0.4, 0.5) is 5.69 Å². The number of para-hydroxylation sites is 1. The average Bonchev–Trinajstić information content (AvgIpc) is 2.49. The first-order valence-electron chi connectivity index (χ1n) is 7.08. The lowest BCUT2D eigenvalue weighted by atomic mass is 10.1. The monoisotopic (exact) mass is 411 g/mol. The summed E-state index contributed by atoms with van der Waals surface area (Å²) < 4.78 is 7.55. The maximum atomic E-state index is 5.61. The van der Waals surface area contributed by atoms with Gasteiger partial charge in [0.05, 0.1) is 15.6 Å². The first-order chi connectivity index (χ1) is 10.2. The predicted octanol–water partition coefficient (Wildman–Crippen LogP) is 5.78. The molecule has 0 aliphatic rings. The third kappa shape index (κ3) is 4.24. The molecule has 0 heterocycles. The second kappa shape index (κ2) is 7.85. The molecular formula is C17H19Br2NO. The van der Waals surface area contributed by atoms with Crippen molar-refractivity contribution in [2.24, 2.45) is 0 Å². The van der Waals surface area contributed by atoms with Gasteiger partial charge in [0.15, 0.2) is 0 Å². The fourth-order valence-electron chi connectivity index (χ4n) is 2.20. The molecule has 112 valence electrons. The van der Waals surface area contributed by atoms with Crippen LogP contribution in [0.25, 0.3) is 0 Å². The molecule has 0 atom stereocenters. The highest BCUT2D eigenvalue weighted by Gasteiger charge is 2.09. The van der Waals surface area contributed by atoms with Crippen molar-refractivity contribution in [2.45, 2.75) is 26.8 Å². The van der Waals surface area contributed by atoms with Crippen LogP contribution in [0.1, 0.15) is 25.0 Å². The van der Waals surface area contributed by atoms with Crippen LogP contribution in [0.2, 0.25) is 0 Å². The molecule has 0 bridgehead atoms. The van der Waals surface area contributed by atoms with Crippen LogP contribution in [-0.2, 0) is 13.0 Å². The molecule has 0 aliphatic heterocycles. The summed E-state index contributed by atoms with van der Waals surface area (Å²) in [6.07, 6.45) is 1.03. The summed E-state index contributed by atoms with van der Waals surface area (Å²) in [5.41, 5.74) is 3.73. The van der Waals surface area contributed by atoms with Crippen LogP contribution >= 0.6 is 31.9 Å². The van der Waals surface area contributed by atoms with E-state index in [1.165, 1.54) is 16.8 Å². The molecule has 0 amide bonds. The zero-order valence-corrected chi connectivity index (χ0v) is 15.4. The van der Waals surface area contributed by atoms with Gasteiger partial charge in [0.25, 0.3) is 0 Å². The number of halogens is 2. The number of anilines is 1. The minimum Gasteiger partial charge on any atom is -0.492 e. The van der Waals surface area contributed by atoms with E-state index in [0.717, 1.165) is 27.7 Å². The van der Waals surface area contributed by atoms with Crippen molar-refractivity contribution in [1.29, 1.82) is 0 Å². The van der Waals surface area contributed by atoms with Gasteiger partial charge < -0.3 is 10.1 Å². The topological polar surface area (TPSA) is 21.3 Å². The molecule has 0 fully saturated rings. The van der Waals surface area contributed by atoms with Crippen LogP contribution in [0.15, 0.2) is 45.3 Å². The van der Waals surface area contributed by atoms with Crippen molar-refractivity contribution in [3.63, 3.8) is 0 Å². The zero-order chi connectivity index (χ0) is 15.2. The SMILES string of the molecule is CCOc1c(Br)cc(CNc2ccccc2CC)cc1Br. The molecule has 0 saturated carbocycles. The first kappa shape index (κ1) is 16.4. The number of hydrogen-bond acceptors (Lipinski definition) is 2. The molecule has 21 heavy (non-hydrogen) atoms. The van der Waals surface area contributed by atoms with E-state index < -0.39 is 0 Å². The smallest absolute Gasteiger partial charge is 0.147 e. The van der Waals surface area contributed by atoms with Gasteiger partial charge in [0.2, 0.25) is 0 Å². The van der Waals surface area contributed by atoms with E-state index in [-0.39, 0.29) is 0 Å². The summed E-state index contributed by atoms with van der Waals surface area (Å²) in [5.74, 6) is 0.857. The fraction of sp³-hybridized carbons (Fsp3) is 0.294. The molecule has 0 aliphatic carbocycles. The largest absolute Gasteiger partial charge is 0.492 e. The van der Waals surface area contributed by atoms with Gasteiger partial charge >= 0.3 is 0 Å². The number of aryl methyl sites for hydroxylation is 1. The summed E-state index contributed by atoms with van der Waals surface area (Å²) in [4.78, 5) is 0. The Labute approximate surface area is 143 Å². The molecule has 4 heteroatoms. The lowest BCUT2D eigenvalue weighted by Gasteiger charge is -2.13. The summed E-state index contributed by atoms with van der Waals surface area (Å²) >= 11 is 7.14. The molecule has 2 rings (SSSR count). The van der Waals surface area contributed by atoms with Crippen molar-refractivity contribution in [1.82, 2.24) is 0 Å². The molecule has 1 N–H and O–H groups in total. The van der Waals surface area contributed by atoms with Crippen LogP contribution in [0.5, 0.6) is 5.75 Å². The van der Waals surface area contributed by atoms with Gasteiger partial charge in [0.1, 0.15) is 5.75 Å². The van der Waals surface area contributed by atoms with Crippen LogP contribution < -0.4 is 10.1 Å². The Morgan fingerprint density at radius 2 is 1.71 bits per heavy atom. The van der Waals surface area contributed by atoms with Gasteiger partial charge in [0, 0.05) is 12.2 Å². The van der Waals surface area contributed by atoms with E-state index in [0.29, 0.717) is 6.61 Å². The molecule has 0 saturated heterocycles. The Kier molecular flexibility index (Phi) is 6.12. The van der Waals surface area contributed by atoms with Crippen LogP contribution in [0, 0.1) is 0 Å². The summed E-state index contributed by atoms with van der Waals surface area (Å²) in [6.45, 7) is 5.58. The highest BCUT2D eigenvalue weighted by atomic mass is 79.9. The van der Waals surface area contributed by atoms with E-state index >= 15 is 0 Å². The molecule has 0 radical (unpaired) electrons. The Balaban J connectivity index is 2.13. The van der Waals surface area contributed by atoms with Crippen LogP contribution in [0.3, 0.4) is 0 Å². The quantitative estimate of drug-likeness (QED) is 0.648. The van der Waals surface area contributed by atoms with Gasteiger partial charge in [-0.3, -0.25) is 0 Å². The lowest BCUT2D eigenvalue weighted by molar-refractivity contribution is 0.336. The zero-order valence-electron chi connectivity index (χ0n) is 12.2. The Morgan fingerprint density at radius 3 is 2.33 bits per heavy atom. The summed E-state index contributed by atoms with van der Waals surface area (Å²) in [5, 5.41) is 3.50. The fourth-order valence-corrected chi connectivity index (χ4v) is 3.71. The summed E-state index contributed by atoms with van der Waals surface area (Å²) in [6, 6.07) is 12.6. The predicted molar refractivity (Wildman–Crippen MR) is 96.2 cm³/mol. The maximum absolute atomic E-state index is 5.61. The molecule has 0 aromatic heterocycles. The molecule has 2 aromatic carbocycles. The van der Waals surface area contributed by atoms with Gasteiger partial charge in [-0.2, -0.15) is 0 Å². The normalized spacial score (nSPS) is 10.5. The Hall–Kier alpha value is -1.00. The molecule has 2 aromatic rings. The van der Waals surface area contributed by atoms with Crippen molar-refractivity contribution >= 4 is 37.5 Å². The number of nitrogens with one attached hydrogen (secondary N) is 1.